The molecule has 0 saturated heterocycles. The van der Waals surface area contributed by atoms with Gasteiger partial charge in [-0.3, -0.25) is 4.79 Å². The highest BCUT2D eigenvalue weighted by molar-refractivity contribution is 7.19. The van der Waals surface area contributed by atoms with E-state index in [0.717, 1.165) is 26.1 Å². The summed E-state index contributed by atoms with van der Waals surface area (Å²) in [6, 6.07) is 5.82. The highest BCUT2D eigenvalue weighted by atomic mass is 32.1. The normalized spacial score (nSPS) is 10.9. The van der Waals surface area contributed by atoms with Crippen molar-refractivity contribution in [1.29, 1.82) is 0 Å². The van der Waals surface area contributed by atoms with Gasteiger partial charge < -0.3 is 10.2 Å². The van der Waals surface area contributed by atoms with Crippen LogP contribution in [0.3, 0.4) is 0 Å². The van der Waals surface area contributed by atoms with Crippen LogP contribution in [0.2, 0.25) is 0 Å². The molecule has 2 aromatic rings. The molecule has 4 heteroatoms. The molecule has 2 N–H and O–H groups in total. The van der Waals surface area contributed by atoms with Crippen LogP contribution in [0.25, 0.3) is 10.1 Å². The molecule has 0 unspecified atom stereocenters. The quantitative estimate of drug-likeness (QED) is 0.860. The second-order valence-corrected chi connectivity index (χ2v) is 4.92. The second kappa shape index (κ2) is 4.23. The summed E-state index contributed by atoms with van der Waals surface area (Å²) in [5.74, 6) is -0.828. The number of carbonyl (C=O) groups is 1. The maximum absolute atomic E-state index is 10.8. The fraction of sp³-hybridized carbons (Fsp3) is 0.250. The van der Waals surface area contributed by atoms with Gasteiger partial charge in [-0.25, -0.2) is 0 Å². The minimum Gasteiger partial charge on any atom is -0.481 e. The molecule has 84 valence electrons. The van der Waals surface area contributed by atoms with Gasteiger partial charge >= 0.3 is 5.97 Å². The first-order chi connectivity index (χ1) is 7.60. The van der Waals surface area contributed by atoms with E-state index >= 15 is 0 Å². The van der Waals surface area contributed by atoms with E-state index in [1.165, 1.54) is 11.3 Å². The molecular formula is C12H12O3S. The Morgan fingerprint density at radius 2 is 2.12 bits per heavy atom. The summed E-state index contributed by atoms with van der Waals surface area (Å²) in [6.45, 7) is 1.95. The van der Waals surface area contributed by atoms with Gasteiger partial charge in [0.25, 0.3) is 0 Å². The molecule has 2 rings (SSSR count). The average molecular weight is 236 g/mol. The summed E-state index contributed by atoms with van der Waals surface area (Å²) in [6.07, 6.45) is 0.0313. The van der Waals surface area contributed by atoms with E-state index in [0.29, 0.717) is 0 Å². The molecule has 3 nitrogen and oxygen atoms in total. The zero-order chi connectivity index (χ0) is 11.7. The second-order valence-electron chi connectivity index (χ2n) is 3.78. The topological polar surface area (TPSA) is 57.5 Å². The Morgan fingerprint density at radius 3 is 2.75 bits per heavy atom. The summed E-state index contributed by atoms with van der Waals surface area (Å²) in [7, 11) is 0. The van der Waals surface area contributed by atoms with Crippen molar-refractivity contribution in [2.75, 3.05) is 0 Å². The van der Waals surface area contributed by atoms with E-state index in [1.54, 1.807) is 0 Å². The van der Waals surface area contributed by atoms with Crippen molar-refractivity contribution < 1.29 is 15.0 Å². The number of thiophene rings is 1. The highest BCUT2D eigenvalue weighted by Gasteiger charge is 2.10. The largest absolute Gasteiger partial charge is 0.481 e. The number of hydrogen-bond acceptors (Lipinski definition) is 3. The van der Waals surface area contributed by atoms with E-state index in [-0.39, 0.29) is 13.0 Å². The van der Waals surface area contributed by atoms with Crippen LogP contribution in [0.5, 0.6) is 0 Å². The molecule has 0 aliphatic carbocycles. The molecule has 0 fully saturated rings. The Labute approximate surface area is 97.0 Å². The van der Waals surface area contributed by atoms with E-state index in [2.05, 4.69) is 0 Å². The molecule has 0 spiro atoms. The van der Waals surface area contributed by atoms with E-state index < -0.39 is 5.97 Å². The number of carboxylic acid groups (broad SMARTS) is 1. The maximum Gasteiger partial charge on any atom is 0.307 e. The maximum atomic E-state index is 10.8. The first-order valence-corrected chi connectivity index (χ1v) is 5.76. The molecule has 0 atom stereocenters. The van der Waals surface area contributed by atoms with Crippen LogP contribution in [0.4, 0.5) is 0 Å². The predicted octanol–water partition coefficient (Wildman–Crippen LogP) is 2.33. The molecule has 1 heterocycles. The molecular weight excluding hydrogens is 224 g/mol. The highest BCUT2D eigenvalue weighted by Crippen LogP contribution is 2.30. The van der Waals surface area contributed by atoms with Crippen molar-refractivity contribution in [3.8, 4) is 0 Å². The third-order valence-corrected chi connectivity index (χ3v) is 3.60. The number of rotatable bonds is 3. The summed E-state index contributed by atoms with van der Waals surface area (Å²) in [5, 5.41) is 18.9. The number of hydrogen-bond donors (Lipinski definition) is 2. The third kappa shape index (κ3) is 2.08. The number of carboxylic acids is 1. The molecule has 16 heavy (non-hydrogen) atoms. The molecule has 0 radical (unpaired) electrons. The van der Waals surface area contributed by atoms with Gasteiger partial charge in [-0.1, -0.05) is 17.7 Å². The number of aliphatic hydroxyl groups is 1. The van der Waals surface area contributed by atoms with Gasteiger partial charge in [-0.15, -0.1) is 11.3 Å². The average Bonchev–Trinajstić information content (AvgIpc) is 2.59. The molecule has 0 aliphatic rings. The van der Waals surface area contributed by atoms with Crippen molar-refractivity contribution in [3.63, 3.8) is 0 Å². The van der Waals surface area contributed by atoms with Crippen LogP contribution in [0, 0.1) is 6.92 Å². The molecule has 1 aromatic heterocycles. The first-order valence-electron chi connectivity index (χ1n) is 4.94. The van der Waals surface area contributed by atoms with Gasteiger partial charge in [0.2, 0.25) is 0 Å². The molecule has 0 bridgehead atoms. The lowest BCUT2D eigenvalue weighted by molar-refractivity contribution is -0.136. The zero-order valence-electron chi connectivity index (χ0n) is 8.86. The Hall–Kier alpha value is -1.39. The first kappa shape index (κ1) is 11.1. The smallest absolute Gasteiger partial charge is 0.307 e. The fourth-order valence-electron chi connectivity index (χ4n) is 1.82. The van der Waals surface area contributed by atoms with Gasteiger partial charge in [0.1, 0.15) is 0 Å². The van der Waals surface area contributed by atoms with Crippen LogP contribution in [-0.4, -0.2) is 16.2 Å². The van der Waals surface area contributed by atoms with Crippen molar-refractivity contribution >= 4 is 27.4 Å². The van der Waals surface area contributed by atoms with Gasteiger partial charge in [-0.05, 0) is 23.9 Å². The van der Waals surface area contributed by atoms with Crippen molar-refractivity contribution in [2.24, 2.45) is 0 Å². The summed E-state index contributed by atoms with van der Waals surface area (Å²) in [4.78, 5) is 11.6. The van der Waals surface area contributed by atoms with Crippen molar-refractivity contribution in [3.05, 3.63) is 34.2 Å². The molecule has 0 aliphatic heterocycles. The standard InChI is InChI=1S/C12H12O3S/c1-7-2-8-4-10(6-13)16-12(8)9(3-7)5-11(14)15/h2-4,13H,5-6H2,1H3,(H,14,15). The lowest BCUT2D eigenvalue weighted by Crippen LogP contribution is -2.00. The van der Waals surface area contributed by atoms with Crippen LogP contribution >= 0.6 is 11.3 Å². The SMILES string of the molecule is Cc1cc(CC(=O)O)c2sc(CO)cc2c1. The van der Waals surface area contributed by atoms with Crippen LogP contribution < -0.4 is 0 Å². The lowest BCUT2D eigenvalue weighted by Gasteiger charge is -2.01. The Balaban J connectivity index is 2.61. The summed E-state index contributed by atoms with van der Waals surface area (Å²) in [5.41, 5.74) is 1.87. The Bertz CT molecular complexity index is 542. The summed E-state index contributed by atoms with van der Waals surface area (Å²) < 4.78 is 0.969. The predicted molar refractivity (Wildman–Crippen MR) is 63.8 cm³/mol. The minimum absolute atomic E-state index is 0.00487. The number of aliphatic hydroxyl groups excluding tert-OH is 1. The fourth-order valence-corrected chi connectivity index (χ4v) is 2.83. The molecule has 0 saturated carbocycles. The van der Waals surface area contributed by atoms with Gasteiger partial charge in [0.05, 0.1) is 13.0 Å². The number of aliphatic carboxylic acids is 1. The zero-order valence-corrected chi connectivity index (χ0v) is 9.67. The van der Waals surface area contributed by atoms with Gasteiger partial charge in [-0.2, -0.15) is 0 Å². The van der Waals surface area contributed by atoms with E-state index in [4.69, 9.17) is 10.2 Å². The number of benzene rings is 1. The van der Waals surface area contributed by atoms with Crippen LogP contribution in [-0.2, 0) is 17.8 Å². The summed E-state index contributed by atoms with van der Waals surface area (Å²) >= 11 is 1.46. The number of fused-ring (bicyclic) bond motifs is 1. The minimum atomic E-state index is -0.828. The van der Waals surface area contributed by atoms with Crippen molar-refractivity contribution in [2.45, 2.75) is 20.0 Å². The Morgan fingerprint density at radius 1 is 1.38 bits per heavy atom. The third-order valence-electron chi connectivity index (χ3n) is 2.39. The van der Waals surface area contributed by atoms with E-state index in [9.17, 15) is 4.79 Å². The number of aryl methyl sites for hydroxylation is 1. The van der Waals surface area contributed by atoms with Gasteiger partial charge in [0, 0.05) is 9.58 Å². The Kier molecular flexibility index (Phi) is 2.94. The van der Waals surface area contributed by atoms with Crippen LogP contribution in [0.1, 0.15) is 16.0 Å². The monoisotopic (exact) mass is 236 g/mol. The van der Waals surface area contributed by atoms with E-state index in [1.807, 2.05) is 25.1 Å². The van der Waals surface area contributed by atoms with Gasteiger partial charge in [0.15, 0.2) is 0 Å². The molecule has 0 amide bonds. The van der Waals surface area contributed by atoms with Crippen molar-refractivity contribution in [1.82, 2.24) is 0 Å². The van der Waals surface area contributed by atoms with Crippen LogP contribution in [0.15, 0.2) is 18.2 Å². The molecule has 1 aromatic carbocycles. The lowest BCUT2D eigenvalue weighted by atomic mass is 10.1.